The molecule has 4 heterocycles. The van der Waals surface area contributed by atoms with E-state index in [9.17, 15) is 13.2 Å². The zero-order chi connectivity index (χ0) is 27.3. The van der Waals surface area contributed by atoms with Crippen LogP contribution >= 0.6 is 0 Å². The molecule has 0 atom stereocenters. The number of methoxy groups -OCH3 is 1. The van der Waals surface area contributed by atoms with Crippen LogP contribution in [0.1, 0.15) is 41.4 Å². The molecule has 12 heteroatoms. The van der Waals surface area contributed by atoms with E-state index in [-0.39, 0.29) is 0 Å². The van der Waals surface area contributed by atoms with Crippen molar-refractivity contribution in [2.45, 2.75) is 38.4 Å². The summed E-state index contributed by atoms with van der Waals surface area (Å²) in [4.78, 5) is 22.8. The summed E-state index contributed by atoms with van der Waals surface area (Å²) in [6.07, 6.45) is 0.999. The smallest absolute Gasteiger partial charge is 0.435 e. The molecule has 0 saturated heterocycles. The molecule has 202 valence electrons. The Morgan fingerprint density at radius 2 is 1.82 bits per heavy atom. The minimum absolute atomic E-state index is 0.361. The molecule has 0 unspecified atom stereocenters. The fourth-order valence-electron chi connectivity index (χ4n) is 4.89. The Balaban J connectivity index is 1.30. The predicted molar refractivity (Wildman–Crippen MR) is 139 cm³/mol. The highest BCUT2D eigenvalue weighted by Crippen LogP contribution is 2.45. The van der Waals surface area contributed by atoms with Gasteiger partial charge in [0.2, 0.25) is 5.88 Å². The highest BCUT2D eigenvalue weighted by Gasteiger charge is 2.35. The fourth-order valence-corrected chi connectivity index (χ4v) is 4.89. The van der Waals surface area contributed by atoms with Crippen molar-refractivity contribution in [2.75, 3.05) is 37.0 Å². The Bertz CT molecular complexity index is 1510. The molecule has 0 bridgehead atoms. The van der Waals surface area contributed by atoms with Crippen LogP contribution in [0.3, 0.4) is 0 Å². The summed E-state index contributed by atoms with van der Waals surface area (Å²) in [6.45, 7) is 3.72. The largest absolute Gasteiger partial charge is 0.480 e. The van der Waals surface area contributed by atoms with Crippen molar-refractivity contribution >= 4 is 11.5 Å². The maximum absolute atomic E-state index is 13.1. The highest BCUT2D eigenvalue weighted by molar-refractivity contribution is 5.74. The van der Waals surface area contributed by atoms with Crippen LogP contribution in [0.4, 0.5) is 24.7 Å². The number of benzene rings is 1. The molecular weight excluding hydrogens is 509 g/mol. The normalized spacial score (nSPS) is 15.4. The number of likely N-dealkylation sites (N-methyl/N-ethyl adjacent to an activating group) is 1. The molecule has 39 heavy (non-hydrogen) atoms. The summed E-state index contributed by atoms with van der Waals surface area (Å²) in [5.74, 6) is 2.14. The first-order valence-electron chi connectivity index (χ1n) is 12.7. The third-order valence-electron chi connectivity index (χ3n) is 7.12. The van der Waals surface area contributed by atoms with Crippen molar-refractivity contribution in [1.29, 1.82) is 0 Å². The molecule has 1 aliphatic heterocycles. The van der Waals surface area contributed by atoms with Crippen molar-refractivity contribution in [3.8, 4) is 23.0 Å². The lowest BCUT2D eigenvalue weighted by molar-refractivity contribution is -0.141. The molecule has 1 saturated carbocycles. The van der Waals surface area contributed by atoms with Crippen molar-refractivity contribution in [1.82, 2.24) is 29.7 Å². The van der Waals surface area contributed by atoms with Gasteiger partial charge in [-0.1, -0.05) is 12.1 Å². The Morgan fingerprint density at radius 1 is 1.05 bits per heavy atom. The van der Waals surface area contributed by atoms with Gasteiger partial charge in [0.15, 0.2) is 17.3 Å². The summed E-state index contributed by atoms with van der Waals surface area (Å²) in [6, 6.07) is 8.43. The van der Waals surface area contributed by atoms with Crippen LogP contribution in [0.25, 0.3) is 17.1 Å². The molecule has 6 rings (SSSR count). The summed E-state index contributed by atoms with van der Waals surface area (Å²) >= 11 is 0. The van der Waals surface area contributed by atoms with E-state index in [0.717, 1.165) is 60.3 Å². The van der Waals surface area contributed by atoms with E-state index >= 15 is 0 Å². The predicted octanol–water partition coefficient (Wildman–Crippen LogP) is 4.79. The Kier molecular flexibility index (Phi) is 6.12. The number of alkyl halides is 3. The van der Waals surface area contributed by atoms with E-state index in [2.05, 4.69) is 29.9 Å². The highest BCUT2D eigenvalue weighted by atomic mass is 19.4. The van der Waals surface area contributed by atoms with E-state index < -0.39 is 11.9 Å². The van der Waals surface area contributed by atoms with E-state index in [1.54, 1.807) is 26.2 Å². The Labute approximate surface area is 223 Å². The number of aromatic nitrogens is 6. The maximum atomic E-state index is 13.1. The number of fused-ring (bicyclic) bond motifs is 1. The van der Waals surface area contributed by atoms with Gasteiger partial charge >= 0.3 is 6.18 Å². The summed E-state index contributed by atoms with van der Waals surface area (Å²) in [5.41, 5.74) is 3.63. The van der Waals surface area contributed by atoms with Crippen molar-refractivity contribution < 1.29 is 17.9 Å². The quantitative estimate of drug-likeness (QED) is 0.348. The van der Waals surface area contributed by atoms with E-state index in [1.165, 1.54) is 11.0 Å². The number of nitrogens with zero attached hydrogens (tertiary/aromatic N) is 8. The van der Waals surface area contributed by atoms with Gasteiger partial charge in [0.1, 0.15) is 11.9 Å². The minimum atomic E-state index is -4.49. The first kappa shape index (κ1) is 25.1. The lowest BCUT2D eigenvalue weighted by atomic mass is 10.1. The zero-order valence-corrected chi connectivity index (χ0v) is 21.8. The molecule has 9 nitrogen and oxygen atoms in total. The molecular formula is C27H27F3N8O. The first-order chi connectivity index (χ1) is 18.7. The average molecular weight is 537 g/mol. The first-order valence-corrected chi connectivity index (χ1v) is 12.7. The Morgan fingerprint density at radius 3 is 2.49 bits per heavy atom. The van der Waals surface area contributed by atoms with Crippen LogP contribution in [0.2, 0.25) is 0 Å². The number of hydrogen-bond acceptors (Lipinski definition) is 8. The van der Waals surface area contributed by atoms with Gasteiger partial charge in [0.05, 0.1) is 30.4 Å². The number of anilines is 2. The monoisotopic (exact) mass is 536 g/mol. The van der Waals surface area contributed by atoms with Gasteiger partial charge < -0.3 is 14.5 Å². The zero-order valence-electron chi connectivity index (χ0n) is 21.8. The summed E-state index contributed by atoms with van der Waals surface area (Å²) in [7, 11) is 3.59. The number of rotatable bonds is 6. The SMILES string of the molecule is COc1ncnc(C2CC2)c1-c1ncc2c(n1)N(Cc1ccc(-n3nc(C(F)(F)F)cc3C)cc1)CCN2C. The van der Waals surface area contributed by atoms with Crippen molar-refractivity contribution in [2.24, 2.45) is 0 Å². The molecule has 3 aromatic heterocycles. The molecule has 1 fully saturated rings. The van der Waals surface area contributed by atoms with Gasteiger partial charge in [0.25, 0.3) is 0 Å². The number of ether oxygens (including phenoxy) is 1. The topological polar surface area (TPSA) is 85.1 Å². The van der Waals surface area contributed by atoms with Gasteiger partial charge in [-0.05, 0) is 43.5 Å². The van der Waals surface area contributed by atoms with E-state index in [4.69, 9.17) is 9.72 Å². The van der Waals surface area contributed by atoms with Crippen LogP contribution in [0.5, 0.6) is 5.88 Å². The lowest BCUT2D eigenvalue weighted by Crippen LogP contribution is -2.39. The van der Waals surface area contributed by atoms with Crippen LogP contribution < -0.4 is 14.5 Å². The molecule has 1 aliphatic carbocycles. The fraction of sp³-hybridized carbons (Fsp3) is 0.370. The van der Waals surface area contributed by atoms with Crippen molar-refractivity contribution in [3.05, 3.63) is 65.5 Å². The Hall–Kier alpha value is -4.22. The van der Waals surface area contributed by atoms with E-state index in [0.29, 0.717) is 35.5 Å². The molecule has 0 N–H and O–H groups in total. The minimum Gasteiger partial charge on any atom is -0.480 e. The molecule has 2 aliphatic rings. The molecule has 0 radical (unpaired) electrons. The lowest BCUT2D eigenvalue weighted by Gasteiger charge is -2.36. The average Bonchev–Trinajstić information content (AvgIpc) is 3.70. The second-order valence-corrected chi connectivity index (χ2v) is 9.91. The summed E-state index contributed by atoms with van der Waals surface area (Å²) in [5, 5.41) is 3.75. The number of aryl methyl sites for hydroxylation is 1. The van der Waals surface area contributed by atoms with E-state index in [1.807, 2.05) is 25.4 Å². The standard InChI is InChI=1S/C27H27F3N8O/c1-16-12-21(27(28,29)30)35-38(16)19-8-4-17(5-9-19)14-37-11-10-36(2)20-13-31-24(34-25(20)37)22-23(18-6-7-18)32-15-33-26(22)39-3/h4-5,8-9,12-13,15,18H,6-7,10-11,14H2,1-3H3. The third-order valence-corrected chi connectivity index (χ3v) is 7.12. The number of hydrogen-bond donors (Lipinski definition) is 0. The molecule has 1 aromatic carbocycles. The molecule has 4 aromatic rings. The van der Waals surface area contributed by atoms with Gasteiger partial charge in [-0.15, -0.1) is 0 Å². The van der Waals surface area contributed by atoms with Gasteiger partial charge in [-0.2, -0.15) is 18.3 Å². The van der Waals surface area contributed by atoms with Crippen molar-refractivity contribution in [3.63, 3.8) is 0 Å². The van der Waals surface area contributed by atoms with Gasteiger partial charge in [-0.25, -0.2) is 24.6 Å². The van der Waals surface area contributed by atoms with Crippen LogP contribution in [-0.4, -0.2) is 57.0 Å². The number of halogens is 3. The van der Waals surface area contributed by atoms with Gasteiger partial charge in [-0.3, -0.25) is 0 Å². The summed E-state index contributed by atoms with van der Waals surface area (Å²) < 4.78 is 46.2. The third kappa shape index (κ3) is 4.75. The second kappa shape index (κ2) is 9.51. The van der Waals surface area contributed by atoms with Crippen LogP contribution in [0.15, 0.2) is 42.9 Å². The van der Waals surface area contributed by atoms with Crippen LogP contribution in [0, 0.1) is 6.92 Å². The van der Waals surface area contributed by atoms with Crippen LogP contribution in [-0.2, 0) is 12.7 Å². The second-order valence-electron chi connectivity index (χ2n) is 9.91. The van der Waals surface area contributed by atoms with Gasteiger partial charge in [0, 0.05) is 38.3 Å². The molecule has 0 amide bonds. The molecule has 0 spiro atoms. The maximum Gasteiger partial charge on any atom is 0.435 e.